The van der Waals surface area contributed by atoms with Gasteiger partial charge in [0.2, 0.25) is 0 Å². The molecule has 0 amide bonds. The van der Waals surface area contributed by atoms with Crippen LogP contribution in [0.4, 0.5) is 0 Å². The zero-order valence-electron chi connectivity index (χ0n) is 4.96. The second-order valence-corrected chi connectivity index (χ2v) is 1.98. The van der Waals surface area contributed by atoms with Crippen LogP contribution in [0.1, 0.15) is 12.8 Å². The number of hydrogen-bond acceptors (Lipinski definition) is 3. The summed E-state index contributed by atoms with van der Waals surface area (Å²) in [4.78, 5) is 24.8. The van der Waals surface area contributed by atoms with Crippen LogP contribution in [-0.4, -0.2) is 24.3 Å². The van der Waals surface area contributed by atoms with Gasteiger partial charge in [0.25, 0.3) is 0 Å². The van der Waals surface area contributed by atoms with Crippen LogP contribution in [0.5, 0.6) is 0 Å². The molecule has 0 aromatic rings. The predicted molar refractivity (Wildman–Crippen MR) is 32.6 cm³/mol. The Labute approximate surface area is 52.8 Å². The molecule has 1 aliphatic heterocycles. The van der Waals surface area contributed by atoms with Crippen molar-refractivity contribution in [2.24, 2.45) is 4.99 Å². The largest absolute Gasteiger partial charge is 0.299 e. The Bertz CT molecular complexity index is 154. The summed E-state index contributed by atoms with van der Waals surface area (Å²) in [6.07, 6.45) is 1.90. The van der Waals surface area contributed by atoms with Crippen molar-refractivity contribution in [3.63, 3.8) is 0 Å². The van der Waals surface area contributed by atoms with Gasteiger partial charge in [-0.15, -0.1) is 0 Å². The molecule has 9 heavy (non-hydrogen) atoms. The normalized spacial score (nSPS) is 20.0. The molecule has 0 atom stereocenters. The molecule has 1 aliphatic rings. The van der Waals surface area contributed by atoms with E-state index in [0.717, 1.165) is 0 Å². The molecule has 0 aromatic heterocycles. The van der Waals surface area contributed by atoms with Gasteiger partial charge in [-0.1, -0.05) is 0 Å². The first-order valence-corrected chi connectivity index (χ1v) is 2.81. The van der Waals surface area contributed by atoms with Crippen molar-refractivity contribution in [3.8, 4) is 0 Å². The van der Waals surface area contributed by atoms with E-state index in [0.29, 0.717) is 6.42 Å². The Balaban J connectivity index is 2.60. The molecular weight excluding hydrogens is 118 g/mol. The summed E-state index contributed by atoms with van der Waals surface area (Å²) < 4.78 is 0. The van der Waals surface area contributed by atoms with E-state index in [1.54, 1.807) is 0 Å². The van der Waals surface area contributed by atoms with E-state index >= 15 is 0 Å². The molecule has 3 nitrogen and oxygen atoms in total. The smallest absolute Gasteiger partial charge is 0.161 e. The molecule has 0 spiro atoms. The van der Waals surface area contributed by atoms with Crippen LogP contribution in [0.15, 0.2) is 4.99 Å². The molecule has 1 rings (SSSR count). The average Bonchev–Trinajstić information content (AvgIpc) is 1.93. The molecule has 0 bridgehead atoms. The highest BCUT2D eigenvalue weighted by Crippen LogP contribution is 1.94. The van der Waals surface area contributed by atoms with E-state index in [4.69, 9.17) is 0 Å². The van der Waals surface area contributed by atoms with Crippen LogP contribution in [0, 0.1) is 0 Å². The van der Waals surface area contributed by atoms with Gasteiger partial charge in [-0.25, -0.2) is 0 Å². The quantitative estimate of drug-likeness (QED) is 0.427. The Morgan fingerprint density at radius 3 is 2.89 bits per heavy atom. The standard InChI is InChI=1S/C6H7NO2/c8-5-1-2-7-4-6(9)3-5/h2H,1,3-4H2. The number of ketones is 2. The maximum atomic E-state index is 10.6. The molecule has 1 heterocycles. The average molecular weight is 125 g/mol. The van der Waals surface area contributed by atoms with Crippen molar-refractivity contribution < 1.29 is 9.59 Å². The zero-order valence-corrected chi connectivity index (χ0v) is 4.96. The second kappa shape index (κ2) is 2.53. The molecule has 0 fully saturated rings. The minimum atomic E-state index is -0.0752. The van der Waals surface area contributed by atoms with Crippen molar-refractivity contribution in [3.05, 3.63) is 0 Å². The summed E-state index contributed by atoms with van der Waals surface area (Å²) in [6.45, 7) is 0.186. The highest BCUT2D eigenvalue weighted by Gasteiger charge is 2.09. The molecule has 0 aliphatic carbocycles. The summed E-state index contributed by atoms with van der Waals surface area (Å²) in [6, 6.07) is 0. The molecule has 3 heteroatoms. The lowest BCUT2D eigenvalue weighted by molar-refractivity contribution is -0.125. The Morgan fingerprint density at radius 1 is 1.33 bits per heavy atom. The van der Waals surface area contributed by atoms with E-state index in [-0.39, 0.29) is 24.5 Å². The molecule has 0 saturated carbocycles. The minimum Gasteiger partial charge on any atom is -0.299 e. The molecule has 0 radical (unpaired) electrons. The lowest BCUT2D eigenvalue weighted by Gasteiger charge is -1.86. The summed E-state index contributed by atoms with van der Waals surface area (Å²) >= 11 is 0. The molecule has 0 unspecified atom stereocenters. The highest BCUT2D eigenvalue weighted by atomic mass is 16.1. The molecular formula is C6H7NO2. The summed E-state index contributed by atoms with van der Waals surface area (Å²) in [5.41, 5.74) is 0. The fraction of sp³-hybridized carbons (Fsp3) is 0.500. The minimum absolute atomic E-state index is 0.0266. The SMILES string of the molecule is O=C1CC=NCC(=O)C1. The first-order valence-electron chi connectivity index (χ1n) is 2.81. The van der Waals surface area contributed by atoms with Crippen LogP contribution >= 0.6 is 0 Å². The van der Waals surface area contributed by atoms with Gasteiger partial charge in [-0.05, 0) is 0 Å². The maximum absolute atomic E-state index is 10.6. The van der Waals surface area contributed by atoms with E-state index in [9.17, 15) is 9.59 Å². The first-order chi connectivity index (χ1) is 4.29. The van der Waals surface area contributed by atoms with Crippen LogP contribution < -0.4 is 0 Å². The van der Waals surface area contributed by atoms with Gasteiger partial charge >= 0.3 is 0 Å². The number of Topliss-reactive ketones (excluding diaryl/α,β-unsaturated/α-hetero) is 2. The third-order valence-corrected chi connectivity index (χ3v) is 1.11. The molecule has 0 N–H and O–H groups in total. The van der Waals surface area contributed by atoms with Crippen LogP contribution in [0.2, 0.25) is 0 Å². The molecule has 0 saturated heterocycles. The highest BCUT2D eigenvalue weighted by molar-refractivity contribution is 6.06. The van der Waals surface area contributed by atoms with Gasteiger partial charge in [0.05, 0.1) is 13.0 Å². The van der Waals surface area contributed by atoms with Crippen molar-refractivity contribution >= 4 is 17.8 Å². The van der Waals surface area contributed by atoms with E-state index in [1.165, 1.54) is 6.21 Å². The Hall–Kier alpha value is -0.990. The first kappa shape index (κ1) is 6.13. The van der Waals surface area contributed by atoms with Crippen LogP contribution in [-0.2, 0) is 9.59 Å². The lowest BCUT2D eigenvalue weighted by atomic mass is 10.2. The summed E-state index contributed by atoms with van der Waals surface area (Å²) in [5, 5.41) is 0. The van der Waals surface area contributed by atoms with Gasteiger partial charge < -0.3 is 0 Å². The fourth-order valence-electron chi connectivity index (χ4n) is 0.681. The monoisotopic (exact) mass is 125 g/mol. The second-order valence-electron chi connectivity index (χ2n) is 1.98. The number of nitrogens with zero attached hydrogens (tertiary/aromatic N) is 1. The summed E-state index contributed by atoms with van der Waals surface area (Å²) in [5.74, 6) is -0.102. The number of rotatable bonds is 0. The van der Waals surface area contributed by atoms with Crippen molar-refractivity contribution in [2.75, 3.05) is 6.54 Å². The lowest BCUT2D eigenvalue weighted by Crippen LogP contribution is -2.06. The number of aliphatic imine (C=N–C) groups is 1. The number of hydrogen-bond donors (Lipinski definition) is 0. The molecule has 0 aromatic carbocycles. The zero-order chi connectivity index (χ0) is 6.69. The van der Waals surface area contributed by atoms with Crippen molar-refractivity contribution in [1.29, 1.82) is 0 Å². The Morgan fingerprint density at radius 2 is 2.11 bits per heavy atom. The topological polar surface area (TPSA) is 46.5 Å². The van der Waals surface area contributed by atoms with Gasteiger partial charge in [-0.3, -0.25) is 14.6 Å². The van der Waals surface area contributed by atoms with Gasteiger partial charge in [0.1, 0.15) is 5.78 Å². The van der Waals surface area contributed by atoms with Crippen molar-refractivity contribution in [2.45, 2.75) is 12.8 Å². The number of carbonyl (C=O) groups excluding carboxylic acids is 2. The van der Waals surface area contributed by atoms with E-state index < -0.39 is 0 Å². The van der Waals surface area contributed by atoms with Crippen molar-refractivity contribution in [1.82, 2.24) is 0 Å². The van der Waals surface area contributed by atoms with E-state index in [2.05, 4.69) is 4.99 Å². The third-order valence-electron chi connectivity index (χ3n) is 1.11. The van der Waals surface area contributed by atoms with Gasteiger partial charge in [-0.2, -0.15) is 0 Å². The van der Waals surface area contributed by atoms with Gasteiger partial charge in [0.15, 0.2) is 5.78 Å². The summed E-state index contributed by atoms with van der Waals surface area (Å²) in [7, 11) is 0. The van der Waals surface area contributed by atoms with Crippen LogP contribution in [0.3, 0.4) is 0 Å². The molecule has 48 valence electrons. The fourth-order valence-corrected chi connectivity index (χ4v) is 0.681. The Kier molecular flexibility index (Phi) is 1.72. The third kappa shape index (κ3) is 1.76. The maximum Gasteiger partial charge on any atom is 0.161 e. The van der Waals surface area contributed by atoms with Gasteiger partial charge in [0, 0.05) is 12.6 Å². The number of carbonyl (C=O) groups is 2. The van der Waals surface area contributed by atoms with Crippen LogP contribution in [0.25, 0.3) is 0 Å². The van der Waals surface area contributed by atoms with E-state index in [1.807, 2.05) is 0 Å². The predicted octanol–water partition coefficient (Wildman–Crippen LogP) is -0.0108.